The minimum Gasteiger partial charge on any atom is -0.385 e. The van der Waals surface area contributed by atoms with E-state index in [1.54, 1.807) is 12.1 Å². The predicted octanol–water partition coefficient (Wildman–Crippen LogP) is 4.27. The van der Waals surface area contributed by atoms with Crippen molar-refractivity contribution in [2.45, 2.75) is 6.42 Å². The fourth-order valence-electron chi connectivity index (χ4n) is 2.43. The first-order valence-corrected chi connectivity index (χ1v) is 8.12. The zero-order valence-electron chi connectivity index (χ0n) is 13.9. The van der Waals surface area contributed by atoms with Crippen LogP contribution in [0, 0.1) is 11.6 Å². The van der Waals surface area contributed by atoms with Crippen LogP contribution in [-0.4, -0.2) is 17.4 Å². The van der Waals surface area contributed by atoms with E-state index in [2.05, 4.69) is 27.8 Å². The van der Waals surface area contributed by atoms with Crippen molar-refractivity contribution in [3.8, 4) is 0 Å². The maximum Gasteiger partial charge on any atom is 0.274 e. The van der Waals surface area contributed by atoms with Crippen LogP contribution in [0.4, 0.5) is 20.2 Å². The van der Waals surface area contributed by atoms with Crippen LogP contribution in [0.15, 0.2) is 66.9 Å². The van der Waals surface area contributed by atoms with E-state index in [-0.39, 0.29) is 11.4 Å². The molecule has 0 spiro atoms. The summed E-state index contributed by atoms with van der Waals surface area (Å²) in [6, 6.07) is 16.6. The summed E-state index contributed by atoms with van der Waals surface area (Å²) in [5.41, 5.74) is 2.31. The molecule has 1 heterocycles. The Morgan fingerprint density at radius 2 is 1.73 bits per heavy atom. The molecular weight excluding hydrogens is 336 g/mol. The minimum atomic E-state index is -1.02. The Bertz CT molecular complexity index is 901. The van der Waals surface area contributed by atoms with Crippen molar-refractivity contribution in [1.82, 2.24) is 4.98 Å². The number of benzene rings is 2. The second kappa shape index (κ2) is 8.20. The maximum absolute atomic E-state index is 13.2. The molecule has 132 valence electrons. The monoisotopic (exact) mass is 353 g/mol. The molecule has 0 aliphatic rings. The number of halogens is 2. The first kappa shape index (κ1) is 17.5. The number of rotatable bonds is 6. The van der Waals surface area contributed by atoms with Crippen LogP contribution in [0.1, 0.15) is 16.1 Å². The molecule has 0 fully saturated rings. The highest BCUT2D eigenvalue weighted by Gasteiger charge is 2.10. The lowest BCUT2D eigenvalue weighted by Crippen LogP contribution is -2.14. The number of carbonyl (C=O) groups excluding carboxylic acids is 1. The predicted molar refractivity (Wildman–Crippen MR) is 97.2 cm³/mol. The molecule has 1 amide bonds. The van der Waals surface area contributed by atoms with Crippen LogP contribution in [0.25, 0.3) is 0 Å². The van der Waals surface area contributed by atoms with Crippen molar-refractivity contribution in [1.29, 1.82) is 0 Å². The zero-order valence-corrected chi connectivity index (χ0v) is 13.9. The largest absolute Gasteiger partial charge is 0.385 e. The van der Waals surface area contributed by atoms with E-state index in [0.29, 0.717) is 6.54 Å². The summed E-state index contributed by atoms with van der Waals surface area (Å²) in [7, 11) is 0. The molecule has 3 rings (SSSR count). The Balaban J connectivity index is 1.60. The smallest absolute Gasteiger partial charge is 0.274 e. The number of nitrogens with zero attached hydrogens (tertiary/aromatic N) is 1. The zero-order chi connectivity index (χ0) is 18.4. The summed E-state index contributed by atoms with van der Waals surface area (Å²) in [5.74, 6) is -2.49. The number of hydrogen-bond acceptors (Lipinski definition) is 3. The normalized spacial score (nSPS) is 10.4. The Labute approximate surface area is 149 Å². The second-order valence-electron chi connectivity index (χ2n) is 5.68. The van der Waals surface area contributed by atoms with E-state index in [4.69, 9.17) is 0 Å². The molecule has 4 nitrogen and oxygen atoms in total. The molecule has 0 saturated heterocycles. The summed E-state index contributed by atoms with van der Waals surface area (Å²) < 4.78 is 26.2. The van der Waals surface area contributed by atoms with Crippen LogP contribution in [-0.2, 0) is 6.42 Å². The van der Waals surface area contributed by atoms with Gasteiger partial charge < -0.3 is 10.6 Å². The molecule has 0 aliphatic carbocycles. The maximum atomic E-state index is 13.2. The Kier molecular flexibility index (Phi) is 5.53. The molecule has 0 atom stereocenters. The number of anilines is 2. The molecule has 0 aliphatic heterocycles. The number of nitrogens with one attached hydrogen (secondary N) is 2. The van der Waals surface area contributed by atoms with E-state index in [1.165, 1.54) is 17.8 Å². The fraction of sp³-hybridized carbons (Fsp3) is 0.100. The van der Waals surface area contributed by atoms with Crippen molar-refractivity contribution in [3.63, 3.8) is 0 Å². The molecule has 26 heavy (non-hydrogen) atoms. The third-order valence-corrected chi connectivity index (χ3v) is 3.76. The third kappa shape index (κ3) is 4.63. The first-order chi connectivity index (χ1) is 12.6. The lowest BCUT2D eigenvalue weighted by atomic mass is 10.1. The van der Waals surface area contributed by atoms with Gasteiger partial charge in [0.05, 0.1) is 0 Å². The third-order valence-electron chi connectivity index (χ3n) is 3.76. The van der Waals surface area contributed by atoms with Gasteiger partial charge in [-0.25, -0.2) is 8.78 Å². The molecule has 0 radical (unpaired) electrons. The fourth-order valence-corrected chi connectivity index (χ4v) is 2.43. The van der Waals surface area contributed by atoms with E-state index in [1.807, 2.05) is 18.2 Å². The van der Waals surface area contributed by atoms with E-state index >= 15 is 0 Å². The summed E-state index contributed by atoms with van der Waals surface area (Å²) in [4.78, 5) is 16.3. The lowest BCUT2D eigenvalue weighted by molar-refractivity contribution is 0.102. The molecule has 0 unspecified atom stereocenters. The van der Waals surface area contributed by atoms with E-state index in [9.17, 15) is 13.6 Å². The van der Waals surface area contributed by atoms with Gasteiger partial charge in [0.15, 0.2) is 11.6 Å². The Morgan fingerprint density at radius 1 is 0.923 bits per heavy atom. The van der Waals surface area contributed by atoms with Crippen molar-refractivity contribution >= 4 is 17.3 Å². The van der Waals surface area contributed by atoms with Crippen LogP contribution in [0.2, 0.25) is 0 Å². The number of amides is 1. The molecule has 6 heteroatoms. The van der Waals surface area contributed by atoms with Crippen molar-refractivity contribution in [3.05, 3.63) is 89.8 Å². The molecule has 2 aromatic carbocycles. The van der Waals surface area contributed by atoms with Gasteiger partial charge >= 0.3 is 0 Å². The van der Waals surface area contributed by atoms with Gasteiger partial charge in [-0.3, -0.25) is 9.78 Å². The SMILES string of the molecule is O=C(Nc1ccc(F)c(F)c1)c1cc(NCCc2ccccc2)ccn1. The standard InChI is InChI=1S/C20H17F2N3O/c21-17-7-6-16(12-18(17)22)25-20(26)19-13-15(9-11-24-19)23-10-8-14-4-2-1-3-5-14/h1-7,9,11-13H,8,10H2,(H,23,24)(H,25,26). The van der Waals surface area contributed by atoms with Crippen LogP contribution in [0.3, 0.4) is 0 Å². The highest BCUT2D eigenvalue weighted by Crippen LogP contribution is 2.15. The number of carbonyl (C=O) groups is 1. The number of hydrogen-bond donors (Lipinski definition) is 2. The Morgan fingerprint density at radius 3 is 2.50 bits per heavy atom. The summed E-state index contributed by atoms with van der Waals surface area (Å²) in [6.07, 6.45) is 2.37. The molecule has 2 N–H and O–H groups in total. The van der Waals surface area contributed by atoms with Gasteiger partial charge in [0.2, 0.25) is 0 Å². The van der Waals surface area contributed by atoms with Crippen LogP contribution >= 0.6 is 0 Å². The lowest BCUT2D eigenvalue weighted by Gasteiger charge is -2.09. The van der Waals surface area contributed by atoms with Crippen LogP contribution < -0.4 is 10.6 Å². The van der Waals surface area contributed by atoms with Crippen molar-refractivity contribution in [2.75, 3.05) is 17.2 Å². The van der Waals surface area contributed by atoms with Gasteiger partial charge in [-0.2, -0.15) is 0 Å². The highest BCUT2D eigenvalue weighted by atomic mass is 19.2. The molecule has 0 bridgehead atoms. The summed E-state index contributed by atoms with van der Waals surface area (Å²) in [5, 5.41) is 5.74. The average Bonchev–Trinajstić information content (AvgIpc) is 2.66. The van der Waals surface area contributed by atoms with Gasteiger partial charge in [-0.05, 0) is 36.2 Å². The topological polar surface area (TPSA) is 54.0 Å². The summed E-state index contributed by atoms with van der Waals surface area (Å²) in [6.45, 7) is 0.707. The highest BCUT2D eigenvalue weighted by molar-refractivity contribution is 6.03. The van der Waals surface area contributed by atoms with Crippen LogP contribution in [0.5, 0.6) is 0 Å². The van der Waals surface area contributed by atoms with Gasteiger partial charge in [0, 0.05) is 30.2 Å². The summed E-state index contributed by atoms with van der Waals surface area (Å²) >= 11 is 0. The number of aromatic nitrogens is 1. The van der Waals surface area contributed by atoms with Gasteiger partial charge in [-0.15, -0.1) is 0 Å². The molecular formula is C20H17F2N3O. The first-order valence-electron chi connectivity index (χ1n) is 8.12. The van der Waals surface area contributed by atoms with Gasteiger partial charge in [0.25, 0.3) is 5.91 Å². The van der Waals surface area contributed by atoms with E-state index in [0.717, 1.165) is 24.2 Å². The van der Waals surface area contributed by atoms with E-state index < -0.39 is 17.5 Å². The quantitative estimate of drug-likeness (QED) is 0.696. The number of pyridine rings is 1. The molecule has 0 saturated carbocycles. The van der Waals surface area contributed by atoms with Crippen molar-refractivity contribution in [2.24, 2.45) is 0 Å². The van der Waals surface area contributed by atoms with Gasteiger partial charge in [-0.1, -0.05) is 30.3 Å². The second-order valence-corrected chi connectivity index (χ2v) is 5.68. The minimum absolute atomic E-state index is 0.165. The average molecular weight is 353 g/mol. The van der Waals surface area contributed by atoms with Crippen molar-refractivity contribution < 1.29 is 13.6 Å². The molecule has 3 aromatic rings. The molecule has 1 aromatic heterocycles. The Hall–Kier alpha value is -3.28. The van der Waals surface area contributed by atoms with Gasteiger partial charge in [0.1, 0.15) is 5.69 Å².